The van der Waals surface area contributed by atoms with E-state index >= 15 is 0 Å². The van der Waals surface area contributed by atoms with Crippen molar-refractivity contribution in [3.63, 3.8) is 0 Å². The molecule has 1 aliphatic carbocycles. The second-order valence-corrected chi connectivity index (χ2v) is 4.93. The van der Waals surface area contributed by atoms with E-state index in [-0.39, 0.29) is 0 Å². The predicted octanol–water partition coefficient (Wildman–Crippen LogP) is 2.53. The van der Waals surface area contributed by atoms with Crippen LogP contribution < -0.4 is 9.64 Å². The van der Waals surface area contributed by atoms with E-state index in [0.717, 1.165) is 23.8 Å². The second kappa shape index (κ2) is 2.49. The van der Waals surface area contributed by atoms with Gasteiger partial charge in [-0.1, -0.05) is 6.42 Å². The van der Waals surface area contributed by atoms with Gasteiger partial charge >= 0.3 is 0 Å². The van der Waals surface area contributed by atoms with Crippen LogP contribution >= 0.6 is 0 Å². The molecule has 0 radical (unpaired) electrons. The molecule has 3 aliphatic rings. The molecule has 3 atom stereocenters. The lowest BCUT2D eigenvalue weighted by Gasteiger charge is -2.20. The standard InChI is InChI=1S/C13H15NO/c1-15-8-5-6-11-10(7-8)9-3-2-4-12-13(9)14(11)12/h5-7,9,12-13H,2-4H2,1H3. The summed E-state index contributed by atoms with van der Waals surface area (Å²) in [5.74, 6) is 1.81. The zero-order valence-electron chi connectivity index (χ0n) is 8.94. The molecule has 0 N–H and O–H groups in total. The van der Waals surface area contributed by atoms with Gasteiger partial charge in [0.1, 0.15) is 5.75 Å². The van der Waals surface area contributed by atoms with Gasteiger partial charge in [-0.25, -0.2) is 0 Å². The highest BCUT2D eigenvalue weighted by Crippen LogP contribution is 2.59. The number of anilines is 1. The van der Waals surface area contributed by atoms with Gasteiger partial charge in [-0.3, -0.25) is 0 Å². The number of rotatable bonds is 1. The maximum Gasteiger partial charge on any atom is 0.119 e. The predicted molar refractivity (Wildman–Crippen MR) is 59.6 cm³/mol. The second-order valence-electron chi connectivity index (χ2n) is 4.93. The van der Waals surface area contributed by atoms with E-state index in [1.165, 1.54) is 30.5 Å². The Morgan fingerprint density at radius 3 is 3.13 bits per heavy atom. The lowest BCUT2D eigenvalue weighted by molar-refractivity contribution is 0.413. The minimum Gasteiger partial charge on any atom is -0.497 e. The lowest BCUT2D eigenvalue weighted by atomic mass is 9.84. The summed E-state index contributed by atoms with van der Waals surface area (Å²) in [5, 5.41) is 0. The molecule has 1 saturated carbocycles. The van der Waals surface area contributed by atoms with Crippen molar-refractivity contribution < 1.29 is 4.74 Å². The first-order valence-electron chi connectivity index (χ1n) is 5.86. The van der Waals surface area contributed by atoms with Crippen molar-refractivity contribution in [2.45, 2.75) is 37.3 Å². The van der Waals surface area contributed by atoms with Gasteiger partial charge < -0.3 is 9.64 Å². The molecular weight excluding hydrogens is 186 g/mol. The molecule has 2 fully saturated rings. The third-order valence-corrected chi connectivity index (χ3v) is 4.32. The average Bonchev–Trinajstić information content (AvgIpc) is 2.91. The zero-order valence-corrected chi connectivity index (χ0v) is 8.94. The first kappa shape index (κ1) is 8.03. The van der Waals surface area contributed by atoms with Crippen LogP contribution in [-0.4, -0.2) is 19.2 Å². The fourth-order valence-electron chi connectivity index (χ4n) is 3.66. The van der Waals surface area contributed by atoms with Crippen LogP contribution in [0.2, 0.25) is 0 Å². The molecule has 1 saturated heterocycles. The number of hydrogen-bond donors (Lipinski definition) is 0. The first-order valence-corrected chi connectivity index (χ1v) is 5.86. The van der Waals surface area contributed by atoms with Crippen molar-refractivity contribution in [3.8, 4) is 5.75 Å². The summed E-state index contributed by atoms with van der Waals surface area (Å²) in [4.78, 5) is 2.62. The maximum absolute atomic E-state index is 5.31. The molecule has 4 rings (SSSR count). The van der Waals surface area contributed by atoms with Crippen molar-refractivity contribution in [2.24, 2.45) is 0 Å². The molecular formula is C13H15NO. The van der Waals surface area contributed by atoms with Crippen LogP contribution in [0.25, 0.3) is 0 Å². The quantitative estimate of drug-likeness (QED) is 0.647. The number of nitrogens with zero attached hydrogens (tertiary/aromatic N) is 1. The summed E-state index contributed by atoms with van der Waals surface area (Å²) in [6, 6.07) is 8.31. The van der Waals surface area contributed by atoms with Gasteiger partial charge in [0.2, 0.25) is 0 Å². The largest absolute Gasteiger partial charge is 0.497 e. The Morgan fingerprint density at radius 1 is 1.33 bits per heavy atom. The zero-order chi connectivity index (χ0) is 9.99. The third-order valence-electron chi connectivity index (χ3n) is 4.32. The number of hydrogen-bond acceptors (Lipinski definition) is 2. The molecule has 2 heteroatoms. The summed E-state index contributed by atoms with van der Waals surface area (Å²) in [6.07, 6.45) is 4.18. The van der Waals surface area contributed by atoms with Gasteiger partial charge in [0.25, 0.3) is 0 Å². The molecule has 0 bridgehead atoms. The molecule has 3 unspecified atom stereocenters. The summed E-state index contributed by atoms with van der Waals surface area (Å²) in [7, 11) is 1.75. The van der Waals surface area contributed by atoms with Crippen LogP contribution in [0.4, 0.5) is 5.69 Å². The molecule has 15 heavy (non-hydrogen) atoms. The molecule has 1 aromatic carbocycles. The summed E-state index contributed by atoms with van der Waals surface area (Å²) < 4.78 is 5.31. The highest BCUT2D eigenvalue weighted by Gasteiger charge is 2.59. The minimum atomic E-state index is 0.800. The molecule has 0 spiro atoms. The van der Waals surface area contributed by atoms with Crippen LogP contribution in [0.15, 0.2) is 18.2 Å². The van der Waals surface area contributed by atoms with Crippen LogP contribution in [0, 0.1) is 0 Å². The van der Waals surface area contributed by atoms with E-state index in [2.05, 4.69) is 23.1 Å². The summed E-state index contributed by atoms with van der Waals surface area (Å²) in [6.45, 7) is 0. The average molecular weight is 201 g/mol. The van der Waals surface area contributed by atoms with Gasteiger partial charge in [0.15, 0.2) is 0 Å². The Hall–Kier alpha value is -1.18. The van der Waals surface area contributed by atoms with E-state index in [0.29, 0.717) is 0 Å². The van der Waals surface area contributed by atoms with Crippen molar-refractivity contribution in [1.82, 2.24) is 0 Å². The molecule has 78 valence electrons. The molecule has 0 aromatic heterocycles. The third kappa shape index (κ3) is 0.858. The van der Waals surface area contributed by atoms with E-state index in [1.54, 1.807) is 7.11 Å². The van der Waals surface area contributed by atoms with Gasteiger partial charge in [-0.15, -0.1) is 0 Å². The molecule has 2 heterocycles. The molecule has 0 amide bonds. The van der Waals surface area contributed by atoms with Crippen LogP contribution in [0.3, 0.4) is 0 Å². The van der Waals surface area contributed by atoms with Crippen LogP contribution in [0.5, 0.6) is 5.75 Å². The highest BCUT2D eigenvalue weighted by molar-refractivity contribution is 5.72. The SMILES string of the molecule is COc1ccc2c(c1)C1CCCC3C1N23. The number of benzene rings is 1. The normalized spacial score (nSPS) is 34.7. The monoisotopic (exact) mass is 201 g/mol. The lowest BCUT2D eigenvalue weighted by Crippen LogP contribution is -2.14. The number of fused-ring (bicyclic) bond motifs is 4. The summed E-state index contributed by atoms with van der Waals surface area (Å²) >= 11 is 0. The van der Waals surface area contributed by atoms with Crippen molar-refractivity contribution in [2.75, 3.05) is 12.0 Å². The smallest absolute Gasteiger partial charge is 0.119 e. The van der Waals surface area contributed by atoms with Gasteiger partial charge in [0.05, 0.1) is 19.2 Å². The Kier molecular flexibility index (Phi) is 1.33. The Labute approximate surface area is 89.8 Å². The first-order chi connectivity index (χ1) is 7.40. The fourth-order valence-corrected chi connectivity index (χ4v) is 3.66. The molecule has 2 aliphatic heterocycles. The molecule has 1 aromatic rings. The van der Waals surface area contributed by atoms with Crippen molar-refractivity contribution in [1.29, 1.82) is 0 Å². The fraction of sp³-hybridized carbons (Fsp3) is 0.538. The highest BCUT2D eigenvalue weighted by atomic mass is 16.5. The summed E-state index contributed by atoms with van der Waals surface area (Å²) in [5.41, 5.74) is 3.02. The van der Waals surface area contributed by atoms with E-state index in [9.17, 15) is 0 Å². The maximum atomic E-state index is 5.31. The number of ether oxygens (including phenoxy) is 1. The minimum absolute atomic E-state index is 0.800. The van der Waals surface area contributed by atoms with Crippen molar-refractivity contribution in [3.05, 3.63) is 23.8 Å². The number of methoxy groups -OCH3 is 1. The van der Waals surface area contributed by atoms with Gasteiger partial charge in [-0.05, 0) is 36.6 Å². The van der Waals surface area contributed by atoms with Crippen LogP contribution in [-0.2, 0) is 0 Å². The van der Waals surface area contributed by atoms with E-state index in [4.69, 9.17) is 4.74 Å². The Morgan fingerprint density at radius 2 is 2.27 bits per heavy atom. The van der Waals surface area contributed by atoms with Gasteiger partial charge in [0, 0.05) is 11.6 Å². The van der Waals surface area contributed by atoms with Crippen molar-refractivity contribution >= 4 is 5.69 Å². The van der Waals surface area contributed by atoms with E-state index < -0.39 is 0 Å². The Bertz CT molecular complexity index is 429. The molecule has 2 nitrogen and oxygen atoms in total. The van der Waals surface area contributed by atoms with E-state index in [1.807, 2.05) is 0 Å². The van der Waals surface area contributed by atoms with Crippen LogP contribution in [0.1, 0.15) is 30.7 Å². The topological polar surface area (TPSA) is 12.2 Å². The van der Waals surface area contributed by atoms with Gasteiger partial charge in [-0.2, -0.15) is 0 Å². The Balaban J connectivity index is 1.84.